The maximum absolute atomic E-state index is 4.65. The fourth-order valence-electron chi connectivity index (χ4n) is 2.05. The zero-order valence-corrected chi connectivity index (χ0v) is 11.1. The number of thiazole rings is 1. The van der Waals surface area contributed by atoms with Crippen molar-refractivity contribution in [3.63, 3.8) is 0 Å². The smallest absolute Gasteiger partial charge is 0.142 e. The minimum absolute atomic E-state index is 0.829. The van der Waals surface area contributed by atoms with Crippen molar-refractivity contribution >= 4 is 11.3 Å². The highest BCUT2D eigenvalue weighted by Crippen LogP contribution is 2.32. The van der Waals surface area contributed by atoms with Crippen molar-refractivity contribution in [3.8, 4) is 33.5 Å². The van der Waals surface area contributed by atoms with Gasteiger partial charge in [0.15, 0.2) is 0 Å². The second-order valence-electron chi connectivity index (χ2n) is 4.22. The molecule has 0 amide bonds. The van der Waals surface area contributed by atoms with Crippen LogP contribution in [0.25, 0.3) is 33.5 Å². The predicted molar refractivity (Wildman–Crippen MR) is 77.1 cm³/mol. The minimum atomic E-state index is 0.829. The molecule has 0 spiro atoms. The van der Waals surface area contributed by atoms with E-state index in [1.807, 2.05) is 29.8 Å². The Kier molecular flexibility index (Phi) is 2.49. The number of nitrogens with zero attached hydrogens (tertiary/aromatic N) is 3. The van der Waals surface area contributed by atoms with Gasteiger partial charge >= 0.3 is 0 Å². The lowest BCUT2D eigenvalue weighted by Gasteiger charge is -1.96. The third-order valence-electron chi connectivity index (χ3n) is 2.99. The van der Waals surface area contributed by atoms with Crippen molar-refractivity contribution in [2.45, 2.75) is 0 Å². The summed E-state index contributed by atoms with van der Waals surface area (Å²) in [6.45, 7) is 0. The molecule has 0 atom stereocenters. The number of imidazole rings is 1. The van der Waals surface area contributed by atoms with Gasteiger partial charge in [0.05, 0.1) is 23.4 Å². The van der Waals surface area contributed by atoms with Gasteiger partial charge in [-0.1, -0.05) is 0 Å². The van der Waals surface area contributed by atoms with Gasteiger partial charge in [0.25, 0.3) is 0 Å². The number of aromatic nitrogens is 6. The van der Waals surface area contributed by atoms with E-state index < -0.39 is 0 Å². The maximum Gasteiger partial charge on any atom is 0.142 e. The predicted octanol–water partition coefficient (Wildman–Crippen LogP) is 2.92. The zero-order valence-electron chi connectivity index (χ0n) is 10.3. The summed E-state index contributed by atoms with van der Waals surface area (Å²) in [6.07, 6.45) is 5.27. The van der Waals surface area contributed by atoms with E-state index in [4.69, 9.17) is 0 Å². The lowest BCUT2D eigenvalue weighted by Crippen LogP contribution is -1.84. The summed E-state index contributed by atoms with van der Waals surface area (Å²) in [6, 6.07) is 5.85. The van der Waals surface area contributed by atoms with Crippen LogP contribution in [0.5, 0.6) is 0 Å². The molecule has 20 heavy (non-hydrogen) atoms. The number of nitrogens with one attached hydrogen (secondary N) is 3. The van der Waals surface area contributed by atoms with Gasteiger partial charge in [0.1, 0.15) is 16.4 Å². The maximum atomic E-state index is 4.65. The van der Waals surface area contributed by atoms with Gasteiger partial charge in [-0.3, -0.25) is 5.10 Å². The number of aromatic amines is 3. The monoisotopic (exact) mass is 282 g/mol. The molecule has 0 aliphatic heterocycles. The molecule has 0 fully saturated rings. The van der Waals surface area contributed by atoms with Crippen LogP contribution in [0.15, 0.2) is 42.3 Å². The van der Waals surface area contributed by atoms with Gasteiger partial charge in [-0.05, 0) is 18.2 Å². The Balaban J connectivity index is 1.78. The van der Waals surface area contributed by atoms with Crippen molar-refractivity contribution in [3.05, 3.63) is 42.3 Å². The number of rotatable bonds is 3. The van der Waals surface area contributed by atoms with Gasteiger partial charge in [-0.15, -0.1) is 11.3 Å². The topological polar surface area (TPSA) is 86.0 Å². The van der Waals surface area contributed by atoms with E-state index in [2.05, 4.69) is 30.1 Å². The molecule has 0 aliphatic carbocycles. The molecule has 4 heterocycles. The lowest BCUT2D eigenvalue weighted by molar-refractivity contribution is 1.09. The van der Waals surface area contributed by atoms with Crippen LogP contribution in [0, 0.1) is 0 Å². The zero-order chi connectivity index (χ0) is 13.4. The van der Waals surface area contributed by atoms with E-state index in [0.29, 0.717) is 0 Å². The molecular weight excluding hydrogens is 272 g/mol. The largest absolute Gasteiger partial charge is 0.360 e. The third-order valence-corrected chi connectivity index (χ3v) is 3.85. The summed E-state index contributed by atoms with van der Waals surface area (Å²) < 4.78 is 0. The van der Waals surface area contributed by atoms with Crippen molar-refractivity contribution in [1.29, 1.82) is 0 Å². The van der Waals surface area contributed by atoms with Crippen LogP contribution in [-0.4, -0.2) is 30.1 Å². The van der Waals surface area contributed by atoms with Crippen LogP contribution in [0.2, 0.25) is 0 Å². The average Bonchev–Trinajstić information content (AvgIpc) is 3.23. The van der Waals surface area contributed by atoms with Crippen LogP contribution < -0.4 is 0 Å². The highest BCUT2D eigenvalue weighted by atomic mass is 32.1. The third kappa shape index (κ3) is 1.76. The molecule has 7 heteroatoms. The van der Waals surface area contributed by atoms with Crippen LogP contribution in [0.3, 0.4) is 0 Å². The first-order valence-electron chi connectivity index (χ1n) is 6.04. The standard InChI is InChI=1S/C13H10N6S/c1-2-8(14-4-1)10-6-20-13(18-10)12-11(15-7-16-12)9-3-5-17-19-9/h1-7,14H,(H,15,16)(H,17,19). The number of hydrogen-bond acceptors (Lipinski definition) is 4. The molecule has 0 aromatic carbocycles. The summed E-state index contributed by atoms with van der Waals surface area (Å²) in [4.78, 5) is 15.3. The quantitative estimate of drug-likeness (QED) is 0.540. The Bertz CT molecular complexity index is 809. The molecule has 0 bridgehead atoms. The first-order chi connectivity index (χ1) is 9.92. The van der Waals surface area contributed by atoms with E-state index in [1.54, 1.807) is 23.9 Å². The number of hydrogen-bond donors (Lipinski definition) is 3. The van der Waals surface area contributed by atoms with Gasteiger partial charge in [0.2, 0.25) is 0 Å². The molecule has 6 nitrogen and oxygen atoms in total. The molecule has 4 rings (SSSR count). The summed E-state index contributed by atoms with van der Waals surface area (Å²) in [5, 5.41) is 9.81. The van der Waals surface area contributed by atoms with Crippen LogP contribution in [0.1, 0.15) is 0 Å². The van der Waals surface area contributed by atoms with E-state index in [1.165, 1.54) is 0 Å². The Morgan fingerprint density at radius 1 is 1.10 bits per heavy atom. The van der Waals surface area contributed by atoms with Gasteiger partial charge in [-0.2, -0.15) is 5.10 Å². The normalized spacial score (nSPS) is 11.0. The number of H-pyrrole nitrogens is 3. The Morgan fingerprint density at radius 2 is 2.10 bits per heavy atom. The van der Waals surface area contributed by atoms with E-state index in [-0.39, 0.29) is 0 Å². The molecule has 0 unspecified atom stereocenters. The van der Waals surface area contributed by atoms with Gasteiger partial charge in [-0.25, -0.2) is 9.97 Å². The van der Waals surface area contributed by atoms with E-state index >= 15 is 0 Å². The SMILES string of the molecule is c1c[nH]c(-c2csc(-c3[nH]cnc3-c3ccn[nH]3)n2)c1. The van der Waals surface area contributed by atoms with E-state index in [9.17, 15) is 0 Å². The molecule has 0 saturated heterocycles. The lowest BCUT2D eigenvalue weighted by atomic mass is 10.2. The molecule has 0 aliphatic rings. The molecule has 98 valence electrons. The highest BCUT2D eigenvalue weighted by Gasteiger charge is 2.15. The Labute approximate surface area is 117 Å². The van der Waals surface area contributed by atoms with Crippen LogP contribution in [0.4, 0.5) is 0 Å². The molecule has 0 saturated carbocycles. The van der Waals surface area contributed by atoms with Crippen LogP contribution >= 0.6 is 11.3 Å². The first kappa shape index (κ1) is 11.2. The van der Waals surface area contributed by atoms with Gasteiger partial charge < -0.3 is 9.97 Å². The molecule has 0 radical (unpaired) electrons. The molecule has 3 N–H and O–H groups in total. The Hall–Kier alpha value is -2.67. The Morgan fingerprint density at radius 3 is 2.90 bits per heavy atom. The summed E-state index contributed by atoms with van der Waals surface area (Å²) >= 11 is 1.58. The van der Waals surface area contributed by atoms with Crippen molar-refractivity contribution < 1.29 is 0 Å². The van der Waals surface area contributed by atoms with Crippen LogP contribution in [-0.2, 0) is 0 Å². The minimum Gasteiger partial charge on any atom is -0.360 e. The molecule has 4 aromatic heterocycles. The summed E-state index contributed by atoms with van der Waals surface area (Å²) in [5.74, 6) is 0. The fourth-order valence-corrected chi connectivity index (χ4v) is 2.88. The fraction of sp³-hybridized carbons (Fsp3) is 0. The second kappa shape index (κ2) is 4.46. The highest BCUT2D eigenvalue weighted by molar-refractivity contribution is 7.13. The van der Waals surface area contributed by atoms with E-state index in [0.717, 1.165) is 33.5 Å². The summed E-state index contributed by atoms with van der Waals surface area (Å²) in [5.41, 5.74) is 4.54. The van der Waals surface area contributed by atoms with Crippen molar-refractivity contribution in [2.75, 3.05) is 0 Å². The molecular formula is C13H10N6S. The summed E-state index contributed by atoms with van der Waals surface area (Å²) in [7, 11) is 0. The molecule has 4 aromatic rings. The first-order valence-corrected chi connectivity index (χ1v) is 6.92. The van der Waals surface area contributed by atoms with Crippen molar-refractivity contribution in [2.24, 2.45) is 0 Å². The van der Waals surface area contributed by atoms with Crippen molar-refractivity contribution in [1.82, 2.24) is 30.1 Å². The van der Waals surface area contributed by atoms with Gasteiger partial charge in [0, 0.05) is 17.8 Å². The average molecular weight is 282 g/mol. The second-order valence-corrected chi connectivity index (χ2v) is 5.08.